The number of benzene rings is 1. The lowest BCUT2D eigenvalue weighted by molar-refractivity contribution is -0.189. The predicted molar refractivity (Wildman–Crippen MR) is 60.9 cm³/mol. The van der Waals surface area contributed by atoms with Crippen molar-refractivity contribution in [3.05, 3.63) is 30.1 Å². The minimum atomic E-state index is -4.83. The summed E-state index contributed by atoms with van der Waals surface area (Å²) in [6.07, 6.45) is -5.38. The molecule has 1 unspecified atom stereocenters. The molecule has 1 fully saturated rings. The van der Waals surface area contributed by atoms with Gasteiger partial charge in [-0.1, -0.05) is 12.1 Å². The topological polar surface area (TPSA) is 55.4 Å². The van der Waals surface area contributed by atoms with Gasteiger partial charge in [-0.2, -0.15) is 17.9 Å². The summed E-state index contributed by atoms with van der Waals surface area (Å²) in [5.41, 5.74) is -2.71. The molecule has 1 N–H and O–H groups in total. The highest BCUT2D eigenvalue weighted by Gasteiger charge is 2.59. The fraction of sp³-hybridized carbons (Fsp3) is 0.455. The van der Waals surface area contributed by atoms with Crippen molar-refractivity contribution in [2.45, 2.75) is 23.0 Å². The zero-order valence-electron chi connectivity index (χ0n) is 10.1. The van der Waals surface area contributed by atoms with Crippen LogP contribution in [0.1, 0.15) is 6.42 Å². The maximum Gasteiger partial charge on any atom is 0.409 e. The number of hydrogen-bond donors (Lipinski definition) is 1. The summed E-state index contributed by atoms with van der Waals surface area (Å²) in [5.74, 6) is -1.11. The number of rotatable bonds is 3. The summed E-state index contributed by atoms with van der Waals surface area (Å²) in [6, 6.07) is 4.23. The molecular weight excluding hydrogens is 302 g/mol. The van der Waals surface area contributed by atoms with Gasteiger partial charge in [0, 0.05) is 13.0 Å². The second-order valence-electron chi connectivity index (χ2n) is 4.42. The van der Waals surface area contributed by atoms with Gasteiger partial charge in [-0.05, 0) is 12.1 Å². The maximum atomic E-state index is 13.4. The van der Waals surface area contributed by atoms with Gasteiger partial charge in [0.1, 0.15) is 10.7 Å². The molecule has 112 valence electrons. The van der Waals surface area contributed by atoms with Crippen molar-refractivity contribution < 1.29 is 30.7 Å². The molecule has 1 heterocycles. The van der Waals surface area contributed by atoms with Crippen LogP contribution in [-0.4, -0.2) is 33.3 Å². The van der Waals surface area contributed by atoms with E-state index in [2.05, 4.69) is 4.74 Å². The Labute approximate surface area is 112 Å². The molecule has 0 radical (unpaired) electrons. The fourth-order valence-corrected chi connectivity index (χ4v) is 3.39. The molecule has 1 atom stereocenters. The van der Waals surface area contributed by atoms with E-state index in [9.17, 15) is 26.0 Å². The van der Waals surface area contributed by atoms with Gasteiger partial charge in [-0.3, -0.25) is 0 Å². The van der Waals surface area contributed by atoms with E-state index in [1.165, 1.54) is 12.1 Å². The first-order valence-electron chi connectivity index (χ1n) is 5.61. The Morgan fingerprint density at radius 3 is 2.40 bits per heavy atom. The van der Waals surface area contributed by atoms with E-state index < -0.39 is 45.5 Å². The van der Waals surface area contributed by atoms with Gasteiger partial charge in [-0.25, -0.2) is 12.8 Å². The number of halogens is 4. The smallest absolute Gasteiger partial charge is 0.379 e. The molecule has 0 bridgehead atoms. The van der Waals surface area contributed by atoms with Crippen molar-refractivity contribution >= 4 is 10.0 Å². The van der Waals surface area contributed by atoms with Crippen LogP contribution < -0.4 is 4.72 Å². The summed E-state index contributed by atoms with van der Waals surface area (Å²) >= 11 is 0. The Hall–Kier alpha value is -1.19. The monoisotopic (exact) mass is 313 g/mol. The van der Waals surface area contributed by atoms with Crippen LogP contribution in [0.2, 0.25) is 0 Å². The summed E-state index contributed by atoms with van der Waals surface area (Å²) in [4.78, 5) is -0.824. The Kier molecular flexibility index (Phi) is 3.78. The zero-order valence-corrected chi connectivity index (χ0v) is 10.9. The summed E-state index contributed by atoms with van der Waals surface area (Å²) < 4.78 is 82.7. The van der Waals surface area contributed by atoms with E-state index in [4.69, 9.17) is 0 Å². The van der Waals surface area contributed by atoms with Crippen LogP contribution in [0, 0.1) is 5.82 Å². The highest BCUT2D eigenvalue weighted by molar-refractivity contribution is 7.89. The first-order valence-corrected chi connectivity index (χ1v) is 7.09. The van der Waals surface area contributed by atoms with Crippen molar-refractivity contribution in [1.82, 2.24) is 4.72 Å². The first-order chi connectivity index (χ1) is 9.18. The number of hydrogen-bond acceptors (Lipinski definition) is 3. The van der Waals surface area contributed by atoms with Crippen LogP contribution in [-0.2, 0) is 14.8 Å². The quantitative estimate of drug-likeness (QED) is 0.866. The normalized spacial score (nSPS) is 24.0. The molecule has 0 aliphatic carbocycles. The second-order valence-corrected chi connectivity index (χ2v) is 6.07. The number of nitrogens with one attached hydrogen (secondary N) is 1. The molecule has 1 saturated heterocycles. The summed E-state index contributed by atoms with van der Waals surface area (Å²) in [5, 5.41) is 0. The molecule has 20 heavy (non-hydrogen) atoms. The predicted octanol–water partition coefficient (Wildman–Crippen LogP) is 1.83. The molecule has 1 aliphatic rings. The van der Waals surface area contributed by atoms with E-state index in [-0.39, 0.29) is 6.61 Å². The molecule has 0 saturated carbocycles. The van der Waals surface area contributed by atoms with Crippen LogP contribution in [0.5, 0.6) is 0 Å². The third-order valence-corrected chi connectivity index (χ3v) is 4.59. The molecular formula is C11H11F4NO3S. The molecule has 0 aromatic heterocycles. The molecule has 1 aliphatic heterocycles. The van der Waals surface area contributed by atoms with Gasteiger partial charge in [0.15, 0.2) is 5.54 Å². The summed E-state index contributed by atoms with van der Waals surface area (Å²) in [7, 11) is -4.64. The minimum Gasteiger partial charge on any atom is -0.379 e. The molecule has 4 nitrogen and oxygen atoms in total. The highest BCUT2D eigenvalue weighted by Crippen LogP contribution is 2.38. The fourth-order valence-electron chi connectivity index (χ4n) is 1.90. The average Bonchev–Trinajstić information content (AvgIpc) is 2.77. The van der Waals surface area contributed by atoms with Crippen molar-refractivity contribution in [2.75, 3.05) is 13.2 Å². The molecule has 2 rings (SSSR count). The van der Waals surface area contributed by atoms with E-state index in [1.807, 2.05) is 0 Å². The Bertz CT molecular complexity index is 594. The number of sulfonamides is 1. The third kappa shape index (κ3) is 2.65. The van der Waals surface area contributed by atoms with Gasteiger partial charge >= 0.3 is 6.18 Å². The Morgan fingerprint density at radius 2 is 1.90 bits per heavy atom. The minimum absolute atomic E-state index is 0.223. The van der Waals surface area contributed by atoms with Gasteiger partial charge < -0.3 is 4.74 Å². The Balaban J connectivity index is 2.39. The van der Waals surface area contributed by atoms with E-state index >= 15 is 0 Å². The van der Waals surface area contributed by atoms with Gasteiger partial charge in [0.2, 0.25) is 10.0 Å². The Morgan fingerprint density at radius 1 is 1.25 bits per heavy atom. The molecule has 0 spiro atoms. The van der Waals surface area contributed by atoms with Crippen LogP contribution in [0.4, 0.5) is 17.6 Å². The van der Waals surface area contributed by atoms with Crippen molar-refractivity contribution in [1.29, 1.82) is 0 Å². The second kappa shape index (κ2) is 4.97. The van der Waals surface area contributed by atoms with Crippen LogP contribution in [0.3, 0.4) is 0 Å². The largest absolute Gasteiger partial charge is 0.409 e. The lowest BCUT2D eigenvalue weighted by Gasteiger charge is -2.30. The van der Waals surface area contributed by atoms with Gasteiger partial charge in [-0.15, -0.1) is 0 Å². The van der Waals surface area contributed by atoms with Crippen LogP contribution >= 0.6 is 0 Å². The highest BCUT2D eigenvalue weighted by atomic mass is 32.2. The standard InChI is InChI=1S/C11H11F4NO3S/c12-8-3-1-2-4-9(8)20(17,18)16-10(11(13,14)15)5-6-19-7-10/h1-4,16H,5-7H2. The van der Waals surface area contributed by atoms with E-state index in [0.29, 0.717) is 0 Å². The van der Waals surface area contributed by atoms with Gasteiger partial charge in [0.05, 0.1) is 6.61 Å². The van der Waals surface area contributed by atoms with Crippen molar-refractivity contribution in [3.8, 4) is 0 Å². The third-order valence-electron chi connectivity index (χ3n) is 3.02. The molecule has 1 aromatic carbocycles. The lowest BCUT2D eigenvalue weighted by Crippen LogP contribution is -2.59. The van der Waals surface area contributed by atoms with E-state index in [1.54, 1.807) is 4.72 Å². The first kappa shape index (κ1) is 15.2. The number of ether oxygens (including phenoxy) is 1. The van der Waals surface area contributed by atoms with Crippen molar-refractivity contribution in [2.24, 2.45) is 0 Å². The zero-order chi connectivity index (χ0) is 15.0. The van der Waals surface area contributed by atoms with Crippen LogP contribution in [0.15, 0.2) is 29.2 Å². The van der Waals surface area contributed by atoms with Crippen LogP contribution in [0.25, 0.3) is 0 Å². The lowest BCUT2D eigenvalue weighted by atomic mass is 10.0. The van der Waals surface area contributed by atoms with Crippen molar-refractivity contribution in [3.63, 3.8) is 0 Å². The number of alkyl halides is 3. The molecule has 9 heteroatoms. The average molecular weight is 313 g/mol. The SMILES string of the molecule is O=S(=O)(NC1(C(F)(F)F)CCOC1)c1ccccc1F. The molecule has 0 amide bonds. The molecule has 1 aromatic rings. The van der Waals surface area contributed by atoms with Gasteiger partial charge in [0.25, 0.3) is 0 Å². The van der Waals surface area contributed by atoms with E-state index in [0.717, 1.165) is 12.1 Å². The maximum absolute atomic E-state index is 13.4. The summed E-state index contributed by atoms with van der Waals surface area (Å²) in [6.45, 7) is -1.05.